The Kier molecular flexibility index (Phi) is 20.7. The van der Waals surface area contributed by atoms with Gasteiger partial charge < -0.3 is 52.5 Å². The zero-order valence-corrected chi connectivity index (χ0v) is 35.3. The van der Waals surface area contributed by atoms with Crippen LogP contribution >= 0.6 is 0 Å². The minimum absolute atomic E-state index is 0.0364. The van der Waals surface area contributed by atoms with Crippen molar-refractivity contribution < 1.29 is 66.9 Å². The number of carbonyl (C=O) groups excluding carboxylic acids is 2. The summed E-state index contributed by atoms with van der Waals surface area (Å²) in [5, 5.41) is 27.0. The molecule has 338 valence electrons. The highest BCUT2D eigenvalue weighted by Crippen LogP contribution is 2.24. The summed E-state index contributed by atoms with van der Waals surface area (Å²) in [4.78, 5) is 37.8. The molecule has 20 nitrogen and oxygen atoms in total. The second kappa shape index (κ2) is 27.2. The maximum Gasteiger partial charge on any atom is 0.338 e. The molecule has 0 aliphatic heterocycles. The third-order valence-corrected chi connectivity index (χ3v) is 8.73. The van der Waals surface area contributed by atoms with Gasteiger partial charge >= 0.3 is 17.9 Å². The van der Waals surface area contributed by atoms with E-state index in [0.29, 0.717) is 124 Å². The lowest BCUT2D eigenvalue weighted by Crippen LogP contribution is -2.14. The normalized spacial score (nSPS) is 11.2. The van der Waals surface area contributed by atoms with E-state index in [0.717, 1.165) is 0 Å². The summed E-state index contributed by atoms with van der Waals surface area (Å²) in [6.07, 6.45) is 3.22. The van der Waals surface area contributed by atoms with Gasteiger partial charge in [-0.2, -0.15) is 0 Å². The molecule has 0 bridgehead atoms. The second-order valence-electron chi connectivity index (χ2n) is 13.2. The van der Waals surface area contributed by atoms with Gasteiger partial charge in [-0.25, -0.2) is 23.7 Å². The molecule has 63 heavy (non-hydrogen) atoms. The number of ether oxygens (including phenoxy) is 10. The SMILES string of the molecule is COCCOCCOCCOCCOC(=O)c1cccc(-c2cn(-c3cc(C(=O)O)cc(-n4cc(-c5cccc(C(=O)OCCOCCOCCOCCOC)c5)nn4)c3)nn2)c1. The predicted octanol–water partition coefficient (Wildman–Crippen LogP) is 3.59. The van der Waals surface area contributed by atoms with Crippen molar-refractivity contribution >= 4 is 17.9 Å². The molecule has 2 heterocycles. The van der Waals surface area contributed by atoms with Gasteiger partial charge in [0.2, 0.25) is 0 Å². The highest BCUT2D eigenvalue weighted by Gasteiger charge is 2.16. The summed E-state index contributed by atoms with van der Waals surface area (Å²) in [6.45, 7) is 5.85. The Balaban J connectivity index is 1.12. The largest absolute Gasteiger partial charge is 0.478 e. The van der Waals surface area contributed by atoms with Crippen molar-refractivity contribution in [3.05, 3.63) is 95.8 Å². The minimum atomic E-state index is -1.17. The number of esters is 2. The number of hydrogen-bond donors (Lipinski definition) is 1. The van der Waals surface area contributed by atoms with Crippen LogP contribution in [0, 0.1) is 0 Å². The highest BCUT2D eigenvalue weighted by molar-refractivity contribution is 5.92. The van der Waals surface area contributed by atoms with Crippen molar-refractivity contribution in [3.8, 4) is 33.9 Å². The first-order chi connectivity index (χ1) is 30.9. The van der Waals surface area contributed by atoms with Crippen LogP contribution in [0.15, 0.2) is 79.1 Å². The van der Waals surface area contributed by atoms with Gasteiger partial charge in [0.15, 0.2) is 0 Å². The van der Waals surface area contributed by atoms with E-state index in [1.807, 2.05) is 0 Å². The van der Waals surface area contributed by atoms with Gasteiger partial charge in [0.05, 0.1) is 133 Å². The number of aromatic nitrogens is 6. The van der Waals surface area contributed by atoms with Gasteiger partial charge in [-0.15, -0.1) is 10.2 Å². The average Bonchev–Trinajstić information content (AvgIpc) is 4.02. The number of nitrogens with zero attached hydrogens (tertiary/aromatic N) is 6. The van der Waals surface area contributed by atoms with Gasteiger partial charge in [0.25, 0.3) is 0 Å². The molecular formula is C43H52N6O14. The lowest BCUT2D eigenvalue weighted by molar-refractivity contribution is -0.00559. The summed E-state index contributed by atoms with van der Waals surface area (Å²) < 4.78 is 55.9. The second-order valence-corrected chi connectivity index (χ2v) is 13.2. The van der Waals surface area contributed by atoms with Crippen LogP contribution in [0.3, 0.4) is 0 Å². The lowest BCUT2D eigenvalue weighted by Gasteiger charge is -2.08. The van der Waals surface area contributed by atoms with E-state index in [4.69, 9.17) is 47.4 Å². The summed E-state index contributed by atoms with van der Waals surface area (Å²) in [5.41, 5.74) is 3.35. The molecule has 0 unspecified atom stereocenters. The Bertz CT molecular complexity index is 2020. The van der Waals surface area contributed by atoms with E-state index in [1.165, 1.54) is 21.5 Å². The fourth-order valence-corrected chi connectivity index (χ4v) is 5.56. The molecule has 20 heteroatoms. The van der Waals surface area contributed by atoms with Crippen molar-refractivity contribution in [1.82, 2.24) is 30.0 Å². The summed E-state index contributed by atoms with van der Waals surface area (Å²) in [5.74, 6) is -2.25. The molecule has 3 aromatic carbocycles. The van der Waals surface area contributed by atoms with E-state index in [9.17, 15) is 19.5 Å². The molecule has 5 aromatic rings. The number of benzene rings is 3. The van der Waals surface area contributed by atoms with E-state index < -0.39 is 17.9 Å². The molecule has 0 saturated heterocycles. The van der Waals surface area contributed by atoms with Gasteiger partial charge in [0, 0.05) is 25.3 Å². The van der Waals surface area contributed by atoms with Gasteiger partial charge in [-0.3, -0.25) is 0 Å². The molecule has 5 rings (SSSR count). The Morgan fingerprint density at radius 2 is 0.841 bits per heavy atom. The minimum Gasteiger partial charge on any atom is -0.478 e. The van der Waals surface area contributed by atoms with Crippen LogP contribution in [-0.4, -0.2) is 173 Å². The smallest absolute Gasteiger partial charge is 0.338 e. The lowest BCUT2D eigenvalue weighted by atomic mass is 10.1. The maximum atomic E-state index is 12.8. The van der Waals surface area contributed by atoms with Crippen molar-refractivity contribution in [2.75, 3.05) is 120 Å². The number of carbonyl (C=O) groups is 3. The molecule has 0 aliphatic rings. The number of aromatic carboxylic acids is 1. The molecule has 0 amide bonds. The monoisotopic (exact) mass is 876 g/mol. The fourth-order valence-electron chi connectivity index (χ4n) is 5.56. The number of carboxylic acids is 1. The molecule has 2 aromatic heterocycles. The Morgan fingerprint density at radius 3 is 1.21 bits per heavy atom. The van der Waals surface area contributed by atoms with Crippen molar-refractivity contribution in [2.24, 2.45) is 0 Å². The van der Waals surface area contributed by atoms with Crippen molar-refractivity contribution in [1.29, 1.82) is 0 Å². The third kappa shape index (κ3) is 16.3. The summed E-state index contributed by atoms with van der Waals surface area (Å²) >= 11 is 0. The molecule has 0 aliphatic carbocycles. The van der Waals surface area contributed by atoms with Crippen LogP contribution in [0.4, 0.5) is 0 Å². The summed E-state index contributed by atoms with van der Waals surface area (Å²) in [7, 11) is 3.22. The van der Waals surface area contributed by atoms with E-state index >= 15 is 0 Å². The number of methoxy groups -OCH3 is 2. The van der Waals surface area contributed by atoms with E-state index in [2.05, 4.69) is 20.6 Å². The molecule has 1 N–H and O–H groups in total. The number of carboxylic acid groups (broad SMARTS) is 1. The van der Waals surface area contributed by atoms with Crippen LogP contribution in [0.2, 0.25) is 0 Å². The van der Waals surface area contributed by atoms with Gasteiger partial charge in [-0.1, -0.05) is 34.7 Å². The topological polar surface area (TPSA) is 225 Å². The molecule has 0 atom stereocenters. The van der Waals surface area contributed by atoms with Crippen molar-refractivity contribution in [3.63, 3.8) is 0 Å². The molecule has 0 spiro atoms. The average molecular weight is 877 g/mol. The van der Waals surface area contributed by atoms with Gasteiger partial charge in [-0.05, 0) is 42.5 Å². The first-order valence-electron chi connectivity index (χ1n) is 20.1. The van der Waals surface area contributed by atoms with Gasteiger partial charge in [0.1, 0.15) is 24.6 Å². The van der Waals surface area contributed by atoms with Crippen LogP contribution < -0.4 is 0 Å². The number of rotatable bonds is 31. The quantitative estimate of drug-likeness (QED) is 0.0496. The fraction of sp³-hybridized carbons (Fsp3) is 0.419. The molecule has 0 fully saturated rings. The first-order valence-corrected chi connectivity index (χ1v) is 20.1. The maximum absolute atomic E-state index is 12.8. The highest BCUT2D eigenvalue weighted by atomic mass is 16.6. The third-order valence-electron chi connectivity index (χ3n) is 8.73. The Morgan fingerprint density at radius 1 is 0.476 bits per heavy atom. The van der Waals surface area contributed by atoms with Crippen LogP contribution in [0.25, 0.3) is 33.9 Å². The molecular weight excluding hydrogens is 825 g/mol. The molecule has 0 radical (unpaired) electrons. The van der Waals surface area contributed by atoms with E-state index in [-0.39, 0.29) is 32.0 Å². The first kappa shape index (κ1) is 48.1. The van der Waals surface area contributed by atoms with Crippen molar-refractivity contribution in [2.45, 2.75) is 0 Å². The zero-order valence-electron chi connectivity index (χ0n) is 35.3. The number of hydrogen-bond acceptors (Lipinski definition) is 17. The predicted molar refractivity (Wildman–Crippen MR) is 223 cm³/mol. The van der Waals surface area contributed by atoms with Crippen LogP contribution in [-0.2, 0) is 47.4 Å². The van der Waals surface area contributed by atoms with Crippen LogP contribution in [0.5, 0.6) is 0 Å². The van der Waals surface area contributed by atoms with Crippen LogP contribution in [0.1, 0.15) is 31.1 Å². The molecule has 0 saturated carbocycles. The van der Waals surface area contributed by atoms with E-state index in [1.54, 1.807) is 81.2 Å². The zero-order chi connectivity index (χ0) is 44.5. The Hall–Kier alpha value is -5.97. The standard InChI is InChI=1S/C43H52N6O14/c1-54-9-11-56-13-15-58-17-19-60-21-23-62-42(52)34-7-3-5-32(25-34)39-30-48(46-44-39)37-27-36(41(50)51)28-38(29-37)49-31-40(45-47-49)33-6-4-8-35(26-33)43(53)63-24-22-61-20-18-59-16-14-57-12-10-55-2/h3-8,25-31H,9-24H2,1-2H3,(H,50,51). The summed E-state index contributed by atoms with van der Waals surface area (Å²) in [6, 6.07) is 18.0. The Labute approximate surface area is 363 Å².